The van der Waals surface area contributed by atoms with Gasteiger partial charge < -0.3 is 14.8 Å². The van der Waals surface area contributed by atoms with Crippen LogP contribution in [0.5, 0.6) is 11.5 Å². The smallest absolute Gasteiger partial charge is 0.218 e. The van der Waals surface area contributed by atoms with Gasteiger partial charge in [0.2, 0.25) is 5.95 Å². The topological polar surface area (TPSA) is 72.1 Å². The molecule has 3 aromatic rings. The largest absolute Gasteiger partial charge is 0.493 e. The van der Waals surface area contributed by atoms with Crippen LogP contribution in [0.4, 0.5) is 10.3 Å². The summed E-state index contributed by atoms with van der Waals surface area (Å²) in [6.07, 6.45) is 1.43. The number of rotatable bonds is 7. The van der Waals surface area contributed by atoms with Crippen molar-refractivity contribution >= 4 is 17.5 Å². The molecule has 0 aliphatic rings. The second-order valence-electron chi connectivity index (χ2n) is 5.20. The highest BCUT2D eigenvalue weighted by atomic mass is 35.5. The number of benzene rings is 2. The number of methoxy groups -OCH3 is 1. The Bertz CT molecular complexity index is 843. The lowest BCUT2D eigenvalue weighted by Crippen LogP contribution is -2.03. The van der Waals surface area contributed by atoms with Crippen molar-refractivity contribution in [1.82, 2.24) is 15.2 Å². The van der Waals surface area contributed by atoms with Crippen molar-refractivity contribution in [1.29, 1.82) is 0 Å². The molecule has 0 bridgehead atoms. The minimum atomic E-state index is -0.380. The molecule has 0 fully saturated rings. The van der Waals surface area contributed by atoms with E-state index in [4.69, 9.17) is 21.1 Å². The van der Waals surface area contributed by atoms with E-state index in [9.17, 15) is 4.39 Å². The van der Waals surface area contributed by atoms with E-state index in [0.717, 1.165) is 5.56 Å². The summed E-state index contributed by atoms with van der Waals surface area (Å²) in [7, 11) is 1.57. The van der Waals surface area contributed by atoms with Crippen LogP contribution < -0.4 is 14.8 Å². The van der Waals surface area contributed by atoms with Crippen LogP contribution in [0.1, 0.15) is 11.1 Å². The lowest BCUT2D eigenvalue weighted by atomic mass is 10.2. The van der Waals surface area contributed by atoms with Gasteiger partial charge in [0.15, 0.2) is 11.5 Å². The van der Waals surface area contributed by atoms with Crippen LogP contribution in [0.15, 0.2) is 42.7 Å². The number of nitrogens with zero attached hydrogens (tertiary/aromatic N) is 2. The van der Waals surface area contributed by atoms with E-state index in [1.165, 1.54) is 18.5 Å². The highest BCUT2D eigenvalue weighted by Gasteiger charge is 2.09. The van der Waals surface area contributed by atoms with Crippen molar-refractivity contribution in [3.63, 3.8) is 0 Å². The second kappa shape index (κ2) is 7.85. The lowest BCUT2D eigenvalue weighted by molar-refractivity contribution is 0.284. The van der Waals surface area contributed by atoms with E-state index in [2.05, 4.69) is 20.5 Å². The van der Waals surface area contributed by atoms with Gasteiger partial charge in [-0.3, -0.25) is 0 Å². The Morgan fingerprint density at radius 2 is 2.08 bits per heavy atom. The number of anilines is 1. The number of nitrogens with one attached hydrogen (secondary N) is 2. The van der Waals surface area contributed by atoms with Gasteiger partial charge in [0.25, 0.3) is 0 Å². The molecular formula is C17H16ClFN4O2. The van der Waals surface area contributed by atoms with Gasteiger partial charge in [-0.1, -0.05) is 23.7 Å². The fourth-order valence-electron chi connectivity index (χ4n) is 2.21. The van der Waals surface area contributed by atoms with Crippen LogP contribution in [0.2, 0.25) is 5.02 Å². The summed E-state index contributed by atoms with van der Waals surface area (Å²) >= 11 is 6.01. The minimum Gasteiger partial charge on any atom is -0.493 e. The molecule has 2 N–H and O–H groups in total. The van der Waals surface area contributed by atoms with Gasteiger partial charge in [-0.2, -0.15) is 5.10 Å². The number of aromatic amines is 1. The minimum absolute atomic E-state index is 0.213. The monoisotopic (exact) mass is 362 g/mol. The molecule has 0 spiro atoms. The molecule has 0 aliphatic carbocycles. The Hall–Kier alpha value is -2.80. The van der Waals surface area contributed by atoms with Crippen LogP contribution >= 0.6 is 11.6 Å². The summed E-state index contributed by atoms with van der Waals surface area (Å²) in [5.41, 5.74) is 1.68. The fourth-order valence-corrected chi connectivity index (χ4v) is 2.43. The summed E-state index contributed by atoms with van der Waals surface area (Å²) in [5, 5.41) is 9.93. The van der Waals surface area contributed by atoms with Gasteiger partial charge in [0, 0.05) is 12.1 Å². The van der Waals surface area contributed by atoms with Gasteiger partial charge in [-0.15, -0.1) is 0 Å². The van der Waals surface area contributed by atoms with Crippen molar-refractivity contribution in [3.05, 3.63) is 64.7 Å². The molecule has 0 radical (unpaired) electrons. The summed E-state index contributed by atoms with van der Waals surface area (Å²) in [6, 6.07) is 9.79. The maximum atomic E-state index is 13.1. The molecule has 8 heteroatoms. The van der Waals surface area contributed by atoms with Crippen LogP contribution in [-0.2, 0) is 13.2 Å². The van der Waals surface area contributed by atoms with Crippen molar-refractivity contribution < 1.29 is 13.9 Å². The van der Waals surface area contributed by atoms with Crippen LogP contribution in [0.3, 0.4) is 0 Å². The first-order valence-corrected chi connectivity index (χ1v) is 7.86. The van der Waals surface area contributed by atoms with Crippen molar-refractivity contribution in [2.24, 2.45) is 0 Å². The molecule has 0 amide bonds. The molecule has 1 heterocycles. The molecule has 2 aromatic carbocycles. The SMILES string of the molecule is COc1cc(CNc2ncn[nH]2)ccc1OCc1ccc(F)cc1Cl. The second-order valence-corrected chi connectivity index (χ2v) is 5.60. The normalized spacial score (nSPS) is 10.5. The zero-order chi connectivity index (χ0) is 17.6. The summed E-state index contributed by atoms with van der Waals surface area (Å²) in [5.74, 6) is 1.38. The first-order valence-electron chi connectivity index (χ1n) is 7.48. The zero-order valence-electron chi connectivity index (χ0n) is 13.4. The number of hydrogen-bond acceptors (Lipinski definition) is 5. The van der Waals surface area contributed by atoms with E-state index in [1.807, 2.05) is 18.2 Å². The molecule has 0 atom stereocenters. The number of ether oxygens (including phenoxy) is 2. The number of hydrogen-bond donors (Lipinski definition) is 2. The van der Waals surface area contributed by atoms with Crippen molar-refractivity contribution in [3.8, 4) is 11.5 Å². The highest BCUT2D eigenvalue weighted by molar-refractivity contribution is 6.31. The molecule has 1 aromatic heterocycles. The summed E-state index contributed by atoms with van der Waals surface area (Å²) in [4.78, 5) is 4.00. The third-order valence-corrected chi connectivity index (χ3v) is 3.85. The quantitative estimate of drug-likeness (QED) is 0.669. The number of aromatic nitrogens is 3. The van der Waals surface area contributed by atoms with Gasteiger partial charge >= 0.3 is 0 Å². The highest BCUT2D eigenvalue weighted by Crippen LogP contribution is 2.30. The van der Waals surface area contributed by atoms with E-state index >= 15 is 0 Å². The van der Waals surface area contributed by atoms with Crippen LogP contribution in [0.25, 0.3) is 0 Å². The number of halogens is 2. The van der Waals surface area contributed by atoms with Gasteiger partial charge in [0.1, 0.15) is 18.8 Å². The molecule has 0 saturated carbocycles. The Balaban J connectivity index is 1.66. The maximum absolute atomic E-state index is 13.1. The number of H-pyrrole nitrogens is 1. The van der Waals surface area contributed by atoms with Crippen LogP contribution in [0, 0.1) is 5.82 Å². The fraction of sp³-hybridized carbons (Fsp3) is 0.176. The molecule has 0 unspecified atom stereocenters. The maximum Gasteiger partial charge on any atom is 0.218 e. The van der Waals surface area contributed by atoms with Crippen molar-refractivity contribution in [2.45, 2.75) is 13.2 Å². The van der Waals surface area contributed by atoms with Crippen LogP contribution in [-0.4, -0.2) is 22.3 Å². The Kier molecular flexibility index (Phi) is 5.35. The first kappa shape index (κ1) is 17.0. The van der Waals surface area contributed by atoms with E-state index in [1.54, 1.807) is 13.2 Å². The average Bonchev–Trinajstić information content (AvgIpc) is 3.13. The standard InChI is InChI=1S/C17H16ClFN4O2/c1-24-16-6-11(8-20-17-21-10-22-23-17)2-5-15(16)25-9-12-3-4-13(19)7-14(12)18/h2-7,10H,8-9H2,1H3,(H2,20,21,22,23). The van der Waals surface area contributed by atoms with E-state index in [0.29, 0.717) is 34.6 Å². The van der Waals surface area contributed by atoms with Gasteiger partial charge in [0.05, 0.1) is 12.1 Å². The predicted octanol–water partition coefficient (Wildman–Crippen LogP) is 3.80. The third-order valence-electron chi connectivity index (χ3n) is 3.50. The molecule has 25 heavy (non-hydrogen) atoms. The Labute approximate surface area is 149 Å². The van der Waals surface area contributed by atoms with E-state index in [-0.39, 0.29) is 12.4 Å². The Morgan fingerprint density at radius 3 is 2.80 bits per heavy atom. The molecular weight excluding hydrogens is 347 g/mol. The predicted molar refractivity (Wildman–Crippen MR) is 92.4 cm³/mol. The van der Waals surface area contributed by atoms with Gasteiger partial charge in [-0.25, -0.2) is 14.5 Å². The molecule has 3 rings (SSSR count). The molecule has 130 valence electrons. The molecule has 6 nitrogen and oxygen atoms in total. The lowest BCUT2D eigenvalue weighted by Gasteiger charge is -2.13. The Morgan fingerprint density at radius 1 is 1.20 bits per heavy atom. The first-order chi connectivity index (χ1) is 12.2. The third kappa shape index (κ3) is 4.39. The van der Waals surface area contributed by atoms with Crippen molar-refractivity contribution in [2.75, 3.05) is 12.4 Å². The average molecular weight is 363 g/mol. The molecule has 0 saturated heterocycles. The molecule has 0 aliphatic heterocycles. The van der Waals surface area contributed by atoms with Gasteiger partial charge in [-0.05, 0) is 29.8 Å². The zero-order valence-corrected chi connectivity index (χ0v) is 14.2. The summed E-state index contributed by atoms with van der Waals surface area (Å²) < 4.78 is 24.2. The summed E-state index contributed by atoms with van der Waals surface area (Å²) in [6.45, 7) is 0.765. The van der Waals surface area contributed by atoms with E-state index < -0.39 is 0 Å².